The van der Waals surface area contributed by atoms with Crippen LogP contribution in [0.2, 0.25) is 0 Å². The van der Waals surface area contributed by atoms with Gasteiger partial charge in [0.05, 0.1) is 33.8 Å². The molecule has 0 aliphatic carbocycles. The number of hydrogen-bond donors (Lipinski definition) is 1. The molecule has 3 unspecified atom stereocenters. The number of nitrogens with one attached hydrogen (secondary N) is 1. The fraction of sp³-hybridized carbons (Fsp3) is 0.824. The molecule has 0 saturated heterocycles. The monoisotopic (exact) mass is 1110 g/mol. The third-order valence-electron chi connectivity index (χ3n) is 14.7. The Morgan fingerprint density at radius 2 is 0.782 bits per heavy atom. The molecule has 1 amide bonds. The summed E-state index contributed by atoms with van der Waals surface area (Å²) in [6, 6.07) is -0.894. The van der Waals surface area contributed by atoms with Crippen molar-refractivity contribution < 1.29 is 37.3 Å². The maximum atomic E-state index is 13.5. The predicted octanol–water partition coefficient (Wildman–Crippen LogP) is 20.0. The van der Waals surface area contributed by atoms with Gasteiger partial charge in [-0.2, -0.15) is 0 Å². The molecule has 1 N–H and O–H groups in total. The second-order valence-corrected chi connectivity index (χ2v) is 25.0. The minimum absolute atomic E-state index is 0.0246. The van der Waals surface area contributed by atoms with Crippen LogP contribution in [0, 0.1) is 0 Å². The first kappa shape index (κ1) is 75.7. The standard InChI is InChI=1S/C68H127N2O7P/c1-7-10-13-16-19-22-25-27-29-30-31-32-33-34-35-36-37-38-39-40-41-42-45-48-51-54-57-60-67(71)69-65(64-76-78(73,74)75-63-62-70(4,5)6)66(59-56-53-50-47-44-24-21-18-15-12-9-3)77-68(72)61-58-55-52-49-46-43-28-26-23-20-17-14-11-8-2/h19,22,27,29,31-32,43,46,56,59,65-66H,7-18,20-21,23-26,28,30,33-42,44-45,47-55,57-58,60-64H2,1-6H3,(H-,69,71,73,74)/b22-19-,29-27-,32-31-,46-43-,59-56-. The quantitative estimate of drug-likeness (QED) is 0.0212. The molecule has 0 aromatic heterocycles. The van der Waals surface area contributed by atoms with Gasteiger partial charge in [-0.3, -0.25) is 14.2 Å². The van der Waals surface area contributed by atoms with Crippen LogP contribution < -0.4 is 10.2 Å². The summed E-state index contributed by atoms with van der Waals surface area (Å²) < 4.78 is 30.3. The van der Waals surface area contributed by atoms with Crippen LogP contribution in [0.25, 0.3) is 0 Å². The van der Waals surface area contributed by atoms with Crippen molar-refractivity contribution in [3.63, 3.8) is 0 Å². The molecule has 456 valence electrons. The topological polar surface area (TPSA) is 114 Å². The summed E-state index contributed by atoms with van der Waals surface area (Å²) in [5.41, 5.74) is 0. The molecule has 9 nitrogen and oxygen atoms in total. The van der Waals surface area contributed by atoms with E-state index in [1.165, 1.54) is 193 Å². The summed E-state index contributed by atoms with van der Waals surface area (Å²) >= 11 is 0. The molecular formula is C68H127N2O7P. The van der Waals surface area contributed by atoms with E-state index in [9.17, 15) is 19.0 Å². The van der Waals surface area contributed by atoms with Crippen molar-refractivity contribution in [1.29, 1.82) is 0 Å². The second-order valence-electron chi connectivity index (χ2n) is 23.6. The number of carbonyl (C=O) groups is 2. The van der Waals surface area contributed by atoms with Crippen LogP contribution in [0.3, 0.4) is 0 Å². The first-order chi connectivity index (χ1) is 37.9. The van der Waals surface area contributed by atoms with E-state index in [-0.39, 0.29) is 24.9 Å². The summed E-state index contributed by atoms with van der Waals surface area (Å²) in [6.07, 6.45) is 73.4. The smallest absolute Gasteiger partial charge is 0.306 e. The number of phosphoric ester groups is 1. The molecule has 78 heavy (non-hydrogen) atoms. The van der Waals surface area contributed by atoms with Gasteiger partial charge in [-0.25, -0.2) is 0 Å². The number of allylic oxidation sites excluding steroid dienone is 9. The van der Waals surface area contributed by atoms with Crippen molar-refractivity contribution >= 4 is 19.7 Å². The van der Waals surface area contributed by atoms with Crippen molar-refractivity contribution in [2.24, 2.45) is 0 Å². The Morgan fingerprint density at radius 3 is 1.22 bits per heavy atom. The van der Waals surface area contributed by atoms with E-state index in [1.54, 1.807) is 0 Å². The van der Waals surface area contributed by atoms with Crippen LogP contribution in [0.15, 0.2) is 60.8 Å². The first-order valence-electron chi connectivity index (χ1n) is 33.1. The van der Waals surface area contributed by atoms with E-state index >= 15 is 0 Å². The molecule has 0 aliphatic heterocycles. The highest BCUT2D eigenvalue weighted by molar-refractivity contribution is 7.45. The lowest BCUT2D eigenvalue weighted by molar-refractivity contribution is -0.870. The van der Waals surface area contributed by atoms with Gasteiger partial charge in [0.2, 0.25) is 5.91 Å². The van der Waals surface area contributed by atoms with Crippen molar-refractivity contribution in [2.75, 3.05) is 40.9 Å². The van der Waals surface area contributed by atoms with E-state index in [0.29, 0.717) is 23.9 Å². The van der Waals surface area contributed by atoms with Crippen molar-refractivity contribution in [3.8, 4) is 0 Å². The Morgan fingerprint density at radius 1 is 0.449 bits per heavy atom. The fourth-order valence-corrected chi connectivity index (χ4v) is 10.2. The molecule has 0 bridgehead atoms. The third-order valence-corrected chi connectivity index (χ3v) is 15.6. The molecule has 3 atom stereocenters. The van der Waals surface area contributed by atoms with E-state index < -0.39 is 26.6 Å². The lowest BCUT2D eigenvalue weighted by atomic mass is 10.0. The highest BCUT2D eigenvalue weighted by atomic mass is 31.2. The largest absolute Gasteiger partial charge is 0.756 e. The average Bonchev–Trinajstić information content (AvgIpc) is 3.41. The number of amides is 1. The Kier molecular flexibility index (Phi) is 56.2. The van der Waals surface area contributed by atoms with Crippen LogP contribution in [0.5, 0.6) is 0 Å². The summed E-state index contributed by atoms with van der Waals surface area (Å²) in [7, 11) is 1.18. The molecule has 10 heteroatoms. The van der Waals surface area contributed by atoms with Gasteiger partial charge in [0.1, 0.15) is 19.3 Å². The summed E-state index contributed by atoms with van der Waals surface area (Å²) in [5, 5.41) is 3.03. The van der Waals surface area contributed by atoms with Crippen molar-refractivity contribution in [3.05, 3.63) is 60.8 Å². The molecule has 0 aromatic carbocycles. The van der Waals surface area contributed by atoms with Crippen LogP contribution in [0.4, 0.5) is 0 Å². The van der Waals surface area contributed by atoms with Gasteiger partial charge >= 0.3 is 5.97 Å². The van der Waals surface area contributed by atoms with Gasteiger partial charge in [-0.1, -0.05) is 262 Å². The Bertz CT molecular complexity index is 1520. The number of quaternary nitrogens is 1. The number of likely N-dealkylation sites (N-methyl/N-ethyl adjacent to an activating group) is 1. The van der Waals surface area contributed by atoms with Gasteiger partial charge < -0.3 is 28.5 Å². The van der Waals surface area contributed by atoms with E-state index in [1.807, 2.05) is 33.3 Å². The first-order valence-corrected chi connectivity index (χ1v) is 34.6. The summed E-state index contributed by atoms with van der Waals surface area (Å²) in [4.78, 5) is 40.0. The Labute approximate surface area is 483 Å². The molecule has 0 fully saturated rings. The van der Waals surface area contributed by atoms with Crippen LogP contribution in [-0.4, -0.2) is 69.4 Å². The summed E-state index contributed by atoms with van der Waals surface area (Å²) in [5.74, 6) is -0.553. The third kappa shape index (κ3) is 58.4. The van der Waals surface area contributed by atoms with E-state index in [2.05, 4.69) is 74.7 Å². The van der Waals surface area contributed by atoms with Gasteiger partial charge in [-0.15, -0.1) is 0 Å². The zero-order chi connectivity index (χ0) is 57.2. The molecule has 0 aliphatic rings. The maximum absolute atomic E-state index is 13.5. The van der Waals surface area contributed by atoms with Gasteiger partial charge in [0.25, 0.3) is 7.82 Å². The minimum Gasteiger partial charge on any atom is -0.756 e. The lowest BCUT2D eigenvalue weighted by Gasteiger charge is -2.30. The number of esters is 1. The zero-order valence-electron chi connectivity index (χ0n) is 52.1. The second kappa shape index (κ2) is 57.9. The Balaban J connectivity index is 5.01. The number of nitrogens with zero attached hydrogens (tertiary/aromatic N) is 1. The molecule has 0 radical (unpaired) electrons. The highest BCUT2D eigenvalue weighted by Gasteiger charge is 2.27. The van der Waals surface area contributed by atoms with Gasteiger partial charge in [0.15, 0.2) is 0 Å². The number of hydrogen-bond acceptors (Lipinski definition) is 7. The number of ether oxygens (including phenoxy) is 1. The molecular weight excluding hydrogens is 988 g/mol. The van der Waals surface area contributed by atoms with Gasteiger partial charge in [0, 0.05) is 12.8 Å². The molecule has 0 heterocycles. The van der Waals surface area contributed by atoms with Gasteiger partial charge in [-0.05, 0) is 96.0 Å². The molecule has 0 aromatic rings. The predicted molar refractivity (Wildman–Crippen MR) is 335 cm³/mol. The van der Waals surface area contributed by atoms with Crippen molar-refractivity contribution in [1.82, 2.24) is 5.32 Å². The molecule has 0 rings (SSSR count). The highest BCUT2D eigenvalue weighted by Crippen LogP contribution is 2.38. The normalized spacial score (nSPS) is 14.0. The lowest BCUT2D eigenvalue weighted by Crippen LogP contribution is -2.47. The SMILES string of the molecule is CCCCC/C=C\C/C=C\C/C=C\CCCCCCCCCCCCCCCCC(=O)NC(COP(=O)([O-])OCC[N+](C)(C)C)C(/C=C\CCCCCCCCCCC)OC(=O)CCCCC/C=C\CCCCCCCCC. The van der Waals surface area contributed by atoms with Crippen LogP contribution >= 0.6 is 7.82 Å². The number of rotatable bonds is 60. The summed E-state index contributed by atoms with van der Waals surface area (Å²) in [6.45, 7) is 6.82. The number of phosphoric acid groups is 1. The average molecular weight is 1120 g/mol. The maximum Gasteiger partial charge on any atom is 0.306 e. The Hall–Kier alpha value is -2.29. The van der Waals surface area contributed by atoms with E-state index in [4.69, 9.17) is 13.8 Å². The molecule has 0 saturated carbocycles. The van der Waals surface area contributed by atoms with Crippen LogP contribution in [-0.2, 0) is 27.9 Å². The number of unbranched alkanes of at least 4 members (excludes halogenated alkanes) is 36. The molecule has 0 spiro atoms. The van der Waals surface area contributed by atoms with E-state index in [0.717, 1.165) is 77.0 Å². The zero-order valence-corrected chi connectivity index (χ0v) is 53.0. The minimum atomic E-state index is -4.70. The van der Waals surface area contributed by atoms with Crippen molar-refractivity contribution in [2.45, 2.75) is 322 Å². The van der Waals surface area contributed by atoms with Crippen LogP contribution in [0.1, 0.15) is 310 Å². The number of carbonyl (C=O) groups excluding carboxylic acids is 2. The fourth-order valence-electron chi connectivity index (χ4n) is 9.52.